The summed E-state index contributed by atoms with van der Waals surface area (Å²) in [5.41, 5.74) is 13.6. The molecule has 7 aromatic rings. The molecule has 0 aliphatic carbocycles. The molecule has 6 heteroatoms. The molecule has 0 amide bonds. The highest BCUT2D eigenvalue weighted by Crippen LogP contribution is 2.39. The van der Waals surface area contributed by atoms with Crippen LogP contribution in [0.1, 0.15) is 17.1 Å². The molecule has 5 heterocycles. The number of nitrogens with one attached hydrogen (secondary N) is 2. The summed E-state index contributed by atoms with van der Waals surface area (Å²) >= 11 is 5.96. The molecule has 0 saturated carbocycles. The molecular weight excluding hydrogens is 621 g/mol. The molecule has 49 heavy (non-hydrogen) atoms. The first-order valence-corrected chi connectivity index (χ1v) is 16.5. The van der Waals surface area contributed by atoms with Crippen molar-refractivity contribution in [3.63, 3.8) is 0 Å². The monoisotopic (exact) mass is 648 g/mol. The molecule has 0 spiro atoms. The first-order chi connectivity index (χ1) is 24.2. The number of hydrogen-bond acceptors (Lipinski definition) is 4. The summed E-state index contributed by atoms with van der Waals surface area (Å²) in [6, 6.07) is 49.5. The van der Waals surface area contributed by atoms with E-state index in [2.05, 4.69) is 119 Å². The standard InChI is InChI=1S/C43H28N4OS/c49-43-41-39(29-17-9-3-10-18-29)35-25-23-33(45-35)37(27-13-5-1-6-14-27)31-21-22-32(44-31)38(28-15-7-2-8-16-28)34-24-26-36(46-34)40(42(47-41)48-43)30-19-11-4-12-20-30/h1-26,45-46H. The Labute approximate surface area is 288 Å². The van der Waals surface area contributed by atoms with E-state index in [1.165, 1.54) is 0 Å². The number of fused-ring (bicyclic) bond motifs is 8. The Morgan fingerprint density at radius 2 is 0.776 bits per heavy atom. The molecule has 4 aromatic carbocycles. The summed E-state index contributed by atoms with van der Waals surface area (Å²) in [4.78, 5) is 18.0. The van der Waals surface area contributed by atoms with E-state index in [1.54, 1.807) is 0 Å². The molecule has 0 fully saturated rings. The van der Waals surface area contributed by atoms with Crippen molar-refractivity contribution in [3.8, 4) is 50.4 Å². The first-order valence-electron chi connectivity index (χ1n) is 16.1. The molecule has 0 saturated heterocycles. The van der Waals surface area contributed by atoms with Gasteiger partial charge in [-0.15, -0.1) is 0 Å². The normalized spacial score (nSPS) is 12.2. The van der Waals surface area contributed by atoms with Crippen molar-refractivity contribution >= 4 is 51.5 Å². The second-order valence-electron chi connectivity index (χ2n) is 11.9. The van der Waals surface area contributed by atoms with Crippen LogP contribution in [0.3, 0.4) is 0 Å². The fourth-order valence-electron chi connectivity index (χ4n) is 6.70. The Morgan fingerprint density at radius 3 is 1.22 bits per heavy atom. The van der Waals surface area contributed by atoms with Gasteiger partial charge in [-0.3, -0.25) is 0 Å². The van der Waals surface area contributed by atoms with Gasteiger partial charge >= 0.3 is 0 Å². The van der Waals surface area contributed by atoms with Gasteiger partial charge in [0.15, 0.2) is 0 Å². The predicted octanol–water partition coefficient (Wildman–Crippen LogP) is 10.9. The molecule has 0 atom stereocenters. The topological polar surface area (TPSA) is 66.6 Å². The highest BCUT2D eigenvalue weighted by atomic mass is 32.1. The van der Waals surface area contributed by atoms with Crippen molar-refractivity contribution in [2.45, 2.75) is 0 Å². The average Bonchev–Trinajstić information content (AvgIpc) is 3.98. The number of aromatic nitrogens is 4. The molecule has 9 rings (SSSR count). The van der Waals surface area contributed by atoms with Gasteiger partial charge in [0.05, 0.1) is 22.5 Å². The van der Waals surface area contributed by atoms with Crippen LogP contribution in [-0.2, 0) is 0 Å². The number of hydrogen-bond donors (Lipinski definition) is 2. The van der Waals surface area contributed by atoms with Crippen molar-refractivity contribution < 1.29 is 4.74 Å². The molecule has 0 radical (unpaired) electrons. The Hall–Kier alpha value is -6.37. The van der Waals surface area contributed by atoms with Gasteiger partial charge in [0, 0.05) is 33.2 Å². The number of rotatable bonds is 4. The zero-order chi connectivity index (χ0) is 32.7. The third-order valence-corrected chi connectivity index (χ3v) is 9.17. The fourth-order valence-corrected chi connectivity index (χ4v) is 6.93. The molecule has 2 aliphatic heterocycles. The summed E-state index contributed by atoms with van der Waals surface area (Å²) < 4.78 is 6.44. The van der Waals surface area contributed by atoms with Gasteiger partial charge < -0.3 is 14.7 Å². The van der Waals surface area contributed by atoms with Crippen LogP contribution in [0.4, 0.5) is 0 Å². The summed E-state index contributed by atoms with van der Waals surface area (Å²) in [5.74, 6) is 0.443. The lowest BCUT2D eigenvalue weighted by molar-refractivity contribution is 0.571. The van der Waals surface area contributed by atoms with Crippen LogP contribution in [0, 0.1) is 0 Å². The fraction of sp³-hybridized carbons (Fsp3) is 0. The second kappa shape index (κ2) is 12.0. The summed E-state index contributed by atoms with van der Waals surface area (Å²) in [7, 11) is 0. The zero-order valence-corrected chi connectivity index (χ0v) is 27.0. The molecule has 3 aromatic heterocycles. The Balaban J connectivity index is 1.50. The first kappa shape index (κ1) is 28.8. The number of thiocarbonyl (C=S) groups is 1. The summed E-state index contributed by atoms with van der Waals surface area (Å²) in [6.45, 7) is 0. The summed E-state index contributed by atoms with van der Waals surface area (Å²) in [5, 5.41) is 0.320. The highest BCUT2D eigenvalue weighted by Gasteiger charge is 2.25. The Bertz CT molecular complexity index is 2570. The van der Waals surface area contributed by atoms with E-state index in [0.29, 0.717) is 16.6 Å². The maximum Gasteiger partial charge on any atom is 0.231 e. The van der Waals surface area contributed by atoms with Crippen LogP contribution >= 0.6 is 12.2 Å². The van der Waals surface area contributed by atoms with Crippen molar-refractivity contribution in [3.05, 3.63) is 163 Å². The van der Waals surface area contributed by atoms with Crippen LogP contribution in [0.2, 0.25) is 0 Å². The molecule has 2 aliphatic rings. The van der Waals surface area contributed by atoms with E-state index in [9.17, 15) is 0 Å². The van der Waals surface area contributed by atoms with Gasteiger partial charge in [-0.05, 0) is 70.9 Å². The molecule has 232 valence electrons. The number of nitrogens with zero attached hydrogens (tertiary/aromatic N) is 2. The van der Waals surface area contributed by atoms with Crippen molar-refractivity contribution in [1.82, 2.24) is 19.9 Å². The molecule has 2 N–H and O–H groups in total. The number of H-pyrrole nitrogens is 2. The minimum Gasteiger partial charge on any atom is -0.424 e. The molecule has 0 unspecified atom stereocenters. The van der Waals surface area contributed by atoms with Crippen LogP contribution in [-0.4, -0.2) is 25.0 Å². The van der Waals surface area contributed by atoms with Crippen LogP contribution in [0.5, 0.6) is 5.88 Å². The van der Waals surface area contributed by atoms with E-state index < -0.39 is 0 Å². The smallest absolute Gasteiger partial charge is 0.231 e. The minimum absolute atomic E-state index is 0.320. The lowest BCUT2D eigenvalue weighted by Crippen LogP contribution is -2.02. The second-order valence-corrected chi connectivity index (χ2v) is 12.3. The van der Waals surface area contributed by atoms with E-state index in [0.717, 1.165) is 78.0 Å². The van der Waals surface area contributed by atoms with Crippen LogP contribution in [0.25, 0.3) is 78.7 Å². The number of aromatic amines is 2. The summed E-state index contributed by atoms with van der Waals surface area (Å²) in [6.07, 6.45) is 4.22. The Kier molecular flexibility index (Phi) is 7.07. The zero-order valence-electron chi connectivity index (χ0n) is 26.2. The highest BCUT2D eigenvalue weighted by molar-refractivity contribution is 7.80. The number of ether oxygens (including phenoxy) is 1. The Morgan fingerprint density at radius 1 is 0.408 bits per heavy atom. The minimum atomic E-state index is 0.320. The van der Waals surface area contributed by atoms with E-state index in [4.69, 9.17) is 26.9 Å². The lowest BCUT2D eigenvalue weighted by atomic mass is 10.0. The van der Waals surface area contributed by atoms with Gasteiger partial charge in [-0.2, -0.15) is 0 Å². The van der Waals surface area contributed by atoms with Gasteiger partial charge in [0.1, 0.15) is 5.69 Å². The van der Waals surface area contributed by atoms with E-state index in [1.807, 2.05) is 48.5 Å². The van der Waals surface area contributed by atoms with Crippen LogP contribution < -0.4 is 4.74 Å². The molecular formula is C43H28N4OS. The van der Waals surface area contributed by atoms with Gasteiger partial charge in [-0.1, -0.05) is 121 Å². The lowest BCUT2D eigenvalue weighted by Gasteiger charge is -2.06. The predicted molar refractivity (Wildman–Crippen MR) is 204 cm³/mol. The van der Waals surface area contributed by atoms with Gasteiger partial charge in [0.2, 0.25) is 10.9 Å². The third-order valence-electron chi connectivity index (χ3n) is 8.90. The van der Waals surface area contributed by atoms with Gasteiger partial charge in [-0.25, -0.2) is 9.97 Å². The van der Waals surface area contributed by atoms with E-state index in [-0.39, 0.29) is 0 Å². The largest absolute Gasteiger partial charge is 0.424 e. The molecule has 8 bridgehead atoms. The average molecular weight is 649 g/mol. The van der Waals surface area contributed by atoms with Crippen LogP contribution in [0.15, 0.2) is 146 Å². The quantitative estimate of drug-likeness (QED) is 0.186. The maximum atomic E-state index is 6.44. The molecule has 5 nitrogen and oxygen atoms in total. The maximum absolute atomic E-state index is 6.44. The van der Waals surface area contributed by atoms with E-state index >= 15 is 0 Å². The number of benzene rings is 4. The third kappa shape index (κ3) is 5.15. The van der Waals surface area contributed by atoms with Crippen molar-refractivity contribution in [2.75, 3.05) is 0 Å². The van der Waals surface area contributed by atoms with Crippen molar-refractivity contribution in [1.29, 1.82) is 0 Å². The van der Waals surface area contributed by atoms with Crippen molar-refractivity contribution in [2.24, 2.45) is 0 Å². The van der Waals surface area contributed by atoms with Gasteiger partial charge in [0.25, 0.3) is 0 Å². The SMILES string of the molecule is S=C1Oc2nc1c(-c1ccccc1)c1ccc([nH]1)c(-c1ccccc1)c1nc(c(-c3ccccc3)c3ccc([nH]3)c2-c2ccccc2)C=C1.